The number of hydrogen-bond donors (Lipinski definition) is 1. The third-order valence-corrected chi connectivity index (χ3v) is 5.31. The summed E-state index contributed by atoms with van der Waals surface area (Å²) in [4.78, 5) is 22.3. The summed E-state index contributed by atoms with van der Waals surface area (Å²) in [5, 5.41) is 3.02. The fourth-order valence-corrected chi connectivity index (χ4v) is 4.15. The van der Waals surface area contributed by atoms with Crippen LogP contribution in [-0.4, -0.2) is 60.3 Å². The van der Waals surface area contributed by atoms with Gasteiger partial charge in [-0.15, -0.1) is 6.58 Å². The van der Waals surface area contributed by atoms with E-state index in [-0.39, 0.29) is 29.1 Å². The number of aryl methyl sites for hydroxylation is 1. The lowest BCUT2D eigenvalue weighted by Crippen LogP contribution is -2.38. The van der Waals surface area contributed by atoms with Crippen molar-refractivity contribution in [3.63, 3.8) is 0 Å². The van der Waals surface area contributed by atoms with Crippen LogP contribution in [0.3, 0.4) is 0 Å². The topological polar surface area (TPSA) is 92.3 Å². The van der Waals surface area contributed by atoms with Crippen molar-refractivity contribution in [2.24, 2.45) is 0 Å². The van der Waals surface area contributed by atoms with E-state index in [1.807, 2.05) is 0 Å². The second kappa shape index (κ2) is 6.43. The fraction of sp³-hybridized carbons (Fsp3) is 0.500. The van der Waals surface area contributed by atoms with Crippen LogP contribution in [0, 0.1) is 6.92 Å². The molecular weight excluding hydrogens is 304 g/mol. The van der Waals surface area contributed by atoms with Crippen molar-refractivity contribution in [2.75, 3.05) is 30.4 Å². The Morgan fingerprint density at radius 1 is 1.55 bits per heavy atom. The molecule has 1 aliphatic heterocycles. The summed E-state index contributed by atoms with van der Waals surface area (Å²) in [5.41, 5.74) is 0.255. The number of sulfone groups is 1. The molecule has 2 rings (SSSR count). The summed E-state index contributed by atoms with van der Waals surface area (Å²) in [6.45, 7) is 5.84. The average molecular weight is 324 g/mol. The minimum Gasteiger partial charge on any atom is -0.366 e. The number of hydrogen-bond acceptors (Lipinski definition) is 6. The quantitative estimate of drug-likeness (QED) is 0.799. The first-order valence-electron chi connectivity index (χ1n) is 7.00. The standard InChI is InChI=1S/C14H20N4O3S/c1-4-6-15-13-8-12(16-10(2)17-13)14(19)18(3)11-5-7-22(20,21)9-11/h4,8,11H,1,5-7,9H2,2-3H3,(H,15,16,17). The summed E-state index contributed by atoms with van der Waals surface area (Å²) in [6, 6.07) is 1.27. The van der Waals surface area contributed by atoms with E-state index in [4.69, 9.17) is 0 Å². The van der Waals surface area contributed by atoms with Gasteiger partial charge >= 0.3 is 0 Å². The highest BCUT2D eigenvalue weighted by Crippen LogP contribution is 2.18. The van der Waals surface area contributed by atoms with Crippen molar-refractivity contribution in [1.82, 2.24) is 14.9 Å². The van der Waals surface area contributed by atoms with Gasteiger partial charge in [0, 0.05) is 25.7 Å². The smallest absolute Gasteiger partial charge is 0.272 e. The van der Waals surface area contributed by atoms with Crippen LogP contribution in [0.5, 0.6) is 0 Å². The molecule has 0 bridgehead atoms. The Balaban J connectivity index is 2.18. The Morgan fingerprint density at radius 2 is 2.27 bits per heavy atom. The second-order valence-electron chi connectivity index (χ2n) is 5.33. The highest BCUT2D eigenvalue weighted by atomic mass is 32.2. The average Bonchev–Trinajstić information content (AvgIpc) is 2.83. The lowest BCUT2D eigenvalue weighted by molar-refractivity contribution is 0.0741. The van der Waals surface area contributed by atoms with Crippen LogP contribution in [0.1, 0.15) is 22.7 Å². The summed E-state index contributed by atoms with van der Waals surface area (Å²) >= 11 is 0. The SMILES string of the molecule is C=CCNc1cc(C(=O)N(C)C2CCS(=O)(=O)C2)nc(C)n1. The maximum atomic E-state index is 12.5. The number of nitrogens with zero attached hydrogens (tertiary/aromatic N) is 3. The van der Waals surface area contributed by atoms with E-state index >= 15 is 0 Å². The van der Waals surface area contributed by atoms with Crippen molar-refractivity contribution in [3.8, 4) is 0 Å². The van der Waals surface area contributed by atoms with Gasteiger partial charge in [-0.2, -0.15) is 0 Å². The Bertz CT molecular complexity index is 687. The third-order valence-electron chi connectivity index (χ3n) is 3.56. The number of anilines is 1. The lowest BCUT2D eigenvalue weighted by Gasteiger charge is -2.23. The highest BCUT2D eigenvalue weighted by Gasteiger charge is 2.33. The van der Waals surface area contributed by atoms with E-state index in [0.717, 1.165) is 0 Å². The molecule has 1 saturated heterocycles. The van der Waals surface area contributed by atoms with Crippen molar-refractivity contribution in [3.05, 3.63) is 30.2 Å². The van der Waals surface area contributed by atoms with Crippen LogP contribution in [0.25, 0.3) is 0 Å². The molecule has 0 aromatic carbocycles. The van der Waals surface area contributed by atoms with Crippen LogP contribution in [0.4, 0.5) is 5.82 Å². The minimum absolute atomic E-state index is 0.0148. The van der Waals surface area contributed by atoms with Gasteiger partial charge in [-0.25, -0.2) is 18.4 Å². The van der Waals surface area contributed by atoms with Crippen LogP contribution >= 0.6 is 0 Å². The zero-order valence-corrected chi connectivity index (χ0v) is 13.6. The van der Waals surface area contributed by atoms with Gasteiger partial charge in [0.05, 0.1) is 11.5 Å². The summed E-state index contributed by atoms with van der Waals surface area (Å²) in [5.74, 6) is 0.868. The zero-order chi connectivity index (χ0) is 16.3. The van der Waals surface area contributed by atoms with Crippen molar-refractivity contribution < 1.29 is 13.2 Å². The molecule has 1 aromatic rings. The Labute approximate surface area is 130 Å². The predicted molar refractivity (Wildman–Crippen MR) is 84.6 cm³/mol. The van der Waals surface area contributed by atoms with Gasteiger partial charge < -0.3 is 10.2 Å². The van der Waals surface area contributed by atoms with E-state index in [9.17, 15) is 13.2 Å². The van der Waals surface area contributed by atoms with Crippen molar-refractivity contribution >= 4 is 21.6 Å². The number of amides is 1. The second-order valence-corrected chi connectivity index (χ2v) is 7.56. The molecule has 0 spiro atoms. The van der Waals surface area contributed by atoms with Gasteiger partial charge in [-0.1, -0.05) is 6.08 Å². The molecule has 0 saturated carbocycles. The Morgan fingerprint density at radius 3 is 2.86 bits per heavy atom. The molecule has 1 unspecified atom stereocenters. The fourth-order valence-electron chi connectivity index (χ4n) is 2.37. The molecule has 120 valence electrons. The highest BCUT2D eigenvalue weighted by molar-refractivity contribution is 7.91. The van der Waals surface area contributed by atoms with Crippen molar-refractivity contribution in [2.45, 2.75) is 19.4 Å². The third kappa shape index (κ3) is 3.82. The van der Waals surface area contributed by atoms with Gasteiger partial charge in [-0.3, -0.25) is 4.79 Å². The maximum absolute atomic E-state index is 12.5. The number of aromatic nitrogens is 2. The molecule has 1 N–H and O–H groups in total. The molecule has 0 aliphatic carbocycles. The Kier molecular flexibility index (Phi) is 4.80. The first-order chi connectivity index (χ1) is 10.3. The van der Waals surface area contributed by atoms with Gasteiger partial charge in [-0.05, 0) is 13.3 Å². The van der Waals surface area contributed by atoms with Crippen LogP contribution in [-0.2, 0) is 9.84 Å². The van der Waals surface area contributed by atoms with Gasteiger partial charge in [0.15, 0.2) is 9.84 Å². The summed E-state index contributed by atoms with van der Waals surface area (Å²) in [7, 11) is -1.42. The molecule has 1 amide bonds. The molecule has 1 aromatic heterocycles. The first-order valence-corrected chi connectivity index (χ1v) is 8.82. The molecule has 0 radical (unpaired) electrons. The molecule has 8 heteroatoms. The maximum Gasteiger partial charge on any atom is 0.272 e. The van der Waals surface area contributed by atoms with Crippen LogP contribution in [0.2, 0.25) is 0 Å². The largest absolute Gasteiger partial charge is 0.366 e. The minimum atomic E-state index is -3.03. The monoisotopic (exact) mass is 324 g/mol. The summed E-state index contributed by atoms with van der Waals surface area (Å²) in [6.07, 6.45) is 2.16. The number of carbonyl (C=O) groups is 1. The lowest BCUT2D eigenvalue weighted by atomic mass is 10.2. The molecule has 2 heterocycles. The molecule has 1 fully saturated rings. The van der Waals surface area contributed by atoms with Crippen molar-refractivity contribution in [1.29, 1.82) is 0 Å². The zero-order valence-electron chi connectivity index (χ0n) is 12.7. The summed E-state index contributed by atoms with van der Waals surface area (Å²) < 4.78 is 23.1. The number of rotatable bonds is 5. The van der Waals surface area contributed by atoms with Gasteiger partial charge in [0.25, 0.3) is 5.91 Å². The molecule has 1 atom stereocenters. The predicted octanol–water partition coefficient (Wildman–Crippen LogP) is 0.642. The van der Waals surface area contributed by atoms with E-state index in [1.54, 1.807) is 26.1 Å². The normalized spacial score (nSPS) is 19.6. The van der Waals surface area contributed by atoms with E-state index in [2.05, 4.69) is 21.9 Å². The van der Waals surface area contributed by atoms with E-state index in [1.165, 1.54) is 4.90 Å². The first kappa shape index (κ1) is 16.4. The van der Waals surface area contributed by atoms with Crippen LogP contribution < -0.4 is 5.32 Å². The molecule has 1 aliphatic rings. The molecule has 22 heavy (non-hydrogen) atoms. The van der Waals surface area contributed by atoms with Crippen LogP contribution in [0.15, 0.2) is 18.7 Å². The van der Waals surface area contributed by atoms with Gasteiger partial charge in [0.1, 0.15) is 17.3 Å². The van der Waals surface area contributed by atoms with E-state index < -0.39 is 9.84 Å². The van der Waals surface area contributed by atoms with Gasteiger partial charge in [0.2, 0.25) is 0 Å². The number of carbonyl (C=O) groups excluding carboxylic acids is 1. The van der Waals surface area contributed by atoms with E-state index in [0.29, 0.717) is 24.6 Å². The molecular formula is C14H20N4O3S. The number of nitrogens with one attached hydrogen (secondary N) is 1. The molecule has 7 nitrogen and oxygen atoms in total. The Hall–Kier alpha value is -1.96.